The van der Waals surface area contributed by atoms with Crippen molar-refractivity contribution in [3.8, 4) is 5.75 Å². The van der Waals surface area contributed by atoms with Gasteiger partial charge in [0, 0.05) is 45.1 Å². The molecule has 0 spiro atoms. The standard InChI is InChI=1S/C19H26N4O3/c1-25-18-5-2-4-16(12-18)14-26-15-17(24)13-22-8-10-23(11-9-22)19-20-6-3-7-21-19/h2-7,12,17,24H,8-11,13-15H2,1H3. The number of hydrogen-bond acceptors (Lipinski definition) is 7. The maximum Gasteiger partial charge on any atom is 0.225 e. The van der Waals surface area contributed by atoms with Crippen molar-refractivity contribution in [2.75, 3.05) is 51.3 Å². The van der Waals surface area contributed by atoms with Gasteiger partial charge in [-0.1, -0.05) is 12.1 Å². The number of piperazine rings is 1. The van der Waals surface area contributed by atoms with Crippen LogP contribution in [0, 0.1) is 0 Å². The number of methoxy groups -OCH3 is 1. The molecule has 2 aromatic rings. The van der Waals surface area contributed by atoms with E-state index in [4.69, 9.17) is 9.47 Å². The van der Waals surface area contributed by atoms with E-state index in [1.54, 1.807) is 19.5 Å². The molecular weight excluding hydrogens is 332 g/mol. The van der Waals surface area contributed by atoms with E-state index in [-0.39, 0.29) is 0 Å². The summed E-state index contributed by atoms with van der Waals surface area (Å²) in [5.74, 6) is 1.58. The molecule has 0 radical (unpaired) electrons. The van der Waals surface area contributed by atoms with Crippen LogP contribution in [-0.4, -0.2) is 72.5 Å². The zero-order chi connectivity index (χ0) is 18.2. The highest BCUT2D eigenvalue weighted by Crippen LogP contribution is 2.14. The monoisotopic (exact) mass is 358 g/mol. The lowest BCUT2D eigenvalue weighted by Gasteiger charge is -2.35. The van der Waals surface area contributed by atoms with Gasteiger partial charge in [0.2, 0.25) is 5.95 Å². The Balaban J connectivity index is 1.36. The summed E-state index contributed by atoms with van der Waals surface area (Å²) in [5.41, 5.74) is 1.04. The average molecular weight is 358 g/mol. The van der Waals surface area contributed by atoms with E-state index in [0.29, 0.717) is 19.8 Å². The normalized spacial score (nSPS) is 16.5. The van der Waals surface area contributed by atoms with Crippen LogP contribution in [0.25, 0.3) is 0 Å². The third-order valence-corrected chi connectivity index (χ3v) is 4.39. The molecule has 140 valence electrons. The summed E-state index contributed by atoms with van der Waals surface area (Å²) in [4.78, 5) is 13.0. The highest BCUT2D eigenvalue weighted by molar-refractivity contribution is 5.29. The predicted octanol–water partition coefficient (Wildman–Crippen LogP) is 1.18. The minimum Gasteiger partial charge on any atom is -0.497 e. The van der Waals surface area contributed by atoms with E-state index < -0.39 is 6.10 Å². The molecule has 26 heavy (non-hydrogen) atoms. The van der Waals surface area contributed by atoms with Crippen molar-refractivity contribution < 1.29 is 14.6 Å². The Morgan fingerprint density at radius 1 is 1.12 bits per heavy atom. The molecule has 1 atom stereocenters. The lowest BCUT2D eigenvalue weighted by molar-refractivity contribution is 0.00907. The Morgan fingerprint density at radius 3 is 2.62 bits per heavy atom. The zero-order valence-electron chi connectivity index (χ0n) is 15.1. The van der Waals surface area contributed by atoms with Crippen LogP contribution in [0.15, 0.2) is 42.7 Å². The van der Waals surface area contributed by atoms with Crippen molar-refractivity contribution in [3.63, 3.8) is 0 Å². The van der Waals surface area contributed by atoms with Gasteiger partial charge in [0.05, 0.1) is 26.4 Å². The number of hydrogen-bond donors (Lipinski definition) is 1. The van der Waals surface area contributed by atoms with Crippen LogP contribution < -0.4 is 9.64 Å². The second-order valence-corrected chi connectivity index (χ2v) is 6.36. The summed E-state index contributed by atoms with van der Waals surface area (Å²) in [6, 6.07) is 9.58. The fourth-order valence-corrected chi connectivity index (χ4v) is 3.01. The summed E-state index contributed by atoms with van der Waals surface area (Å²) >= 11 is 0. The number of ether oxygens (including phenoxy) is 2. The lowest BCUT2D eigenvalue weighted by Crippen LogP contribution is -2.49. The van der Waals surface area contributed by atoms with Gasteiger partial charge in [0.15, 0.2) is 0 Å². The van der Waals surface area contributed by atoms with Crippen molar-refractivity contribution in [1.82, 2.24) is 14.9 Å². The smallest absolute Gasteiger partial charge is 0.225 e. The molecule has 1 unspecified atom stereocenters. The van der Waals surface area contributed by atoms with E-state index in [9.17, 15) is 5.11 Å². The van der Waals surface area contributed by atoms with Crippen molar-refractivity contribution in [3.05, 3.63) is 48.3 Å². The lowest BCUT2D eigenvalue weighted by atomic mass is 10.2. The van der Waals surface area contributed by atoms with E-state index in [0.717, 1.165) is 43.4 Å². The van der Waals surface area contributed by atoms with Crippen molar-refractivity contribution in [2.45, 2.75) is 12.7 Å². The second-order valence-electron chi connectivity index (χ2n) is 6.36. The summed E-state index contributed by atoms with van der Waals surface area (Å²) in [6.45, 7) is 4.88. The van der Waals surface area contributed by atoms with Gasteiger partial charge in [-0.2, -0.15) is 0 Å². The third kappa shape index (κ3) is 5.39. The summed E-state index contributed by atoms with van der Waals surface area (Å²) in [7, 11) is 1.65. The molecule has 0 aliphatic carbocycles. The van der Waals surface area contributed by atoms with Crippen LogP contribution in [0.2, 0.25) is 0 Å². The van der Waals surface area contributed by atoms with E-state index in [1.807, 2.05) is 30.3 Å². The van der Waals surface area contributed by atoms with E-state index in [2.05, 4.69) is 19.8 Å². The molecule has 0 bridgehead atoms. The Kier molecular flexibility index (Phi) is 6.76. The summed E-state index contributed by atoms with van der Waals surface area (Å²) < 4.78 is 10.8. The van der Waals surface area contributed by atoms with Crippen LogP contribution in [0.1, 0.15) is 5.56 Å². The highest BCUT2D eigenvalue weighted by Gasteiger charge is 2.20. The molecule has 0 saturated carbocycles. The van der Waals surface area contributed by atoms with Crippen LogP contribution in [0.5, 0.6) is 5.75 Å². The second kappa shape index (κ2) is 9.47. The predicted molar refractivity (Wildman–Crippen MR) is 99.3 cm³/mol. The number of aliphatic hydroxyl groups is 1. The molecule has 3 rings (SSSR count). The van der Waals surface area contributed by atoms with Crippen molar-refractivity contribution in [2.24, 2.45) is 0 Å². The van der Waals surface area contributed by atoms with E-state index in [1.165, 1.54) is 0 Å². The Morgan fingerprint density at radius 2 is 1.88 bits per heavy atom. The topological polar surface area (TPSA) is 71.0 Å². The fourth-order valence-electron chi connectivity index (χ4n) is 3.01. The molecule has 1 N–H and O–H groups in total. The molecule has 0 amide bonds. The molecule has 1 aliphatic heterocycles. The SMILES string of the molecule is COc1cccc(COCC(O)CN2CCN(c3ncccn3)CC2)c1. The van der Waals surface area contributed by atoms with Gasteiger partial charge in [0.25, 0.3) is 0 Å². The largest absolute Gasteiger partial charge is 0.497 e. The minimum atomic E-state index is -0.500. The maximum absolute atomic E-state index is 10.2. The maximum atomic E-state index is 10.2. The quantitative estimate of drug-likeness (QED) is 0.760. The van der Waals surface area contributed by atoms with Gasteiger partial charge in [0.1, 0.15) is 5.75 Å². The number of anilines is 1. The van der Waals surface area contributed by atoms with Gasteiger partial charge in [-0.15, -0.1) is 0 Å². The van der Waals surface area contributed by atoms with Crippen LogP contribution in [0.3, 0.4) is 0 Å². The Hall–Kier alpha value is -2.22. The molecule has 1 aromatic heterocycles. The number of rotatable bonds is 8. The van der Waals surface area contributed by atoms with E-state index >= 15 is 0 Å². The molecular formula is C19H26N4O3. The first-order valence-corrected chi connectivity index (χ1v) is 8.87. The van der Waals surface area contributed by atoms with Crippen molar-refractivity contribution >= 4 is 5.95 Å². The fraction of sp³-hybridized carbons (Fsp3) is 0.474. The van der Waals surface area contributed by atoms with Crippen LogP contribution >= 0.6 is 0 Å². The summed E-state index contributed by atoms with van der Waals surface area (Å²) in [6.07, 6.45) is 3.02. The number of aliphatic hydroxyl groups excluding tert-OH is 1. The van der Waals surface area contributed by atoms with Gasteiger partial charge in [-0.05, 0) is 23.8 Å². The van der Waals surface area contributed by atoms with Gasteiger partial charge >= 0.3 is 0 Å². The first-order valence-electron chi connectivity index (χ1n) is 8.87. The average Bonchev–Trinajstić information content (AvgIpc) is 2.69. The molecule has 1 saturated heterocycles. The molecule has 1 aromatic carbocycles. The molecule has 1 fully saturated rings. The first kappa shape index (κ1) is 18.6. The molecule has 1 aliphatic rings. The number of β-amino-alcohol motifs (C(OH)–C–C–N with tert-alkyl or cyclic N) is 1. The summed E-state index contributed by atoms with van der Waals surface area (Å²) in [5, 5.41) is 10.2. The Bertz CT molecular complexity index is 663. The van der Waals surface area contributed by atoms with Crippen LogP contribution in [-0.2, 0) is 11.3 Å². The number of aromatic nitrogens is 2. The minimum absolute atomic E-state index is 0.319. The van der Waals surface area contributed by atoms with Gasteiger partial charge in [-0.25, -0.2) is 9.97 Å². The molecule has 7 heteroatoms. The van der Waals surface area contributed by atoms with Gasteiger partial charge in [-0.3, -0.25) is 4.90 Å². The highest BCUT2D eigenvalue weighted by atomic mass is 16.5. The van der Waals surface area contributed by atoms with Crippen LogP contribution in [0.4, 0.5) is 5.95 Å². The molecule has 7 nitrogen and oxygen atoms in total. The molecule has 2 heterocycles. The van der Waals surface area contributed by atoms with Gasteiger partial charge < -0.3 is 19.5 Å². The zero-order valence-corrected chi connectivity index (χ0v) is 15.1. The Labute approximate surface area is 154 Å². The number of nitrogens with zero attached hydrogens (tertiary/aromatic N) is 4. The van der Waals surface area contributed by atoms with Crippen molar-refractivity contribution in [1.29, 1.82) is 0 Å². The first-order chi connectivity index (χ1) is 12.7. The number of benzene rings is 1. The third-order valence-electron chi connectivity index (χ3n) is 4.39.